The minimum absolute atomic E-state index is 0.278. The van der Waals surface area contributed by atoms with Crippen molar-refractivity contribution in [2.24, 2.45) is 0 Å². The molecule has 0 amide bonds. The van der Waals surface area contributed by atoms with Gasteiger partial charge in [-0.05, 0) is 63.7 Å². The van der Waals surface area contributed by atoms with Crippen LogP contribution in [0.3, 0.4) is 0 Å². The number of carbonyl (C=O) groups is 1. The van der Waals surface area contributed by atoms with Crippen LogP contribution in [0.5, 0.6) is 5.75 Å². The molecule has 0 radical (unpaired) electrons. The van der Waals surface area contributed by atoms with Crippen LogP contribution in [-0.4, -0.2) is 55.0 Å². The van der Waals surface area contributed by atoms with Gasteiger partial charge < -0.3 is 19.3 Å². The van der Waals surface area contributed by atoms with Gasteiger partial charge in [-0.2, -0.15) is 0 Å². The Kier molecular flexibility index (Phi) is 5.28. The van der Waals surface area contributed by atoms with E-state index in [-0.39, 0.29) is 6.10 Å². The van der Waals surface area contributed by atoms with Crippen LogP contribution in [0.2, 0.25) is 0 Å². The third kappa shape index (κ3) is 4.05. The Bertz CT molecular complexity index is 741. The summed E-state index contributed by atoms with van der Waals surface area (Å²) in [6.45, 7) is 5.84. The van der Waals surface area contributed by atoms with Crippen molar-refractivity contribution < 1.29 is 9.53 Å². The van der Waals surface area contributed by atoms with Gasteiger partial charge in [0.25, 0.3) is 0 Å². The van der Waals surface area contributed by atoms with Gasteiger partial charge in [0.1, 0.15) is 18.1 Å². The van der Waals surface area contributed by atoms with Gasteiger partial charge in [-0.15, -0.1) is 0 Å². The quantitative estimate of drug-likeness (QED) is 0.746. The van der Waals surface area contributed by atoms with Crippen molar-refractivity contribution in [3.63, 3.8) is 0 Å². The van der Waals surface area contributed by atoms with E-state index in [9.17, 15) is 4.79 Å². The summed E-state index contributed by atoms with van der Waals surface area (Å²) in [4.78, 5) is 20.0. The minimum Gasteiger partial charge on any atom is -0.489 e. The summed E-state index contributed by atoms with van der Waals surface area (Å²) in [5.74, 6) is 0.901. The molecule has 1 atom stereocenters. The molecule has 2 heterocycles. The second-order valence-corrected chi connectivity index (χ2v) is 7.55. The van der Waals surface area contributed by atoms with Crippen LogP contribution in [0.15, 0.2) is 42.6 Å². The summed E-state index contributed by atoms with van der Waals surface area (Å²) in [5, 5.41) is 0. The molecule has 1 aliphatic rings. The molecule has 1 unspecified atom stereocenters. The number of aldehydes is 1. The number of benzene rings is 1. The maximum Gasteiger partial charge on any atom is 0.144 e. The van der Waals surface area contributed by atoms with Crippen molar-refractivity contribution in [2.75, 3.05) is 32.1 Å². The highest BCUT2D eigenvalue weighted by Gasteiger charge is 2.23. The summed E-state index contributed by atoms with van der Waals surface area (Å²) >= 11 is 0. The summed E-state index contributed by atoms with van der Waals surface area (Å²) in [6.07, 6.45) is 4.10. The van der Waals surface area contributed by atoms with Crippen molar-refractivity contribution in [3.8, 4) is 17.0 Å². The highest BCUT2D eigenvalue weighted by atomic mass is 16.5. The zero-order valence-electron chi connectivity index (χ0n) is 16.0. The van der Waals surface area contributed by atoms with Crippen LogP contribution in [0.1, 0.15) is 20.3 Å². The Labute approximate surface area is 155 Å². The molecule has 0 spiro atoms. The van der Waals surface area contributed by atoms with E-state index in [1.54, 1.807) is 6.20 Å². The fraction of sp³-hybridized carbons (Fsp3) is 0.429. The SMILES string of the molecule is CN1CCC(Oc2ccc(-c3ccc(N(C)C(C)(C)C=O)cn3)cc2)C1. The third-order valence-corrected chi connectivity index (χ3v) is 5.09. The topological polar surface area (TPSA) is 45.7 Å². The molecule has 0 N–H and O–H groups in total. The lowest BCUT2D eigenvalue weighted by Crippen LogP contribution is -2.42. The summed E-state index contributed by atoms with van der Waals surface area (Å²) in [6, 6.07) is 12.1. The number of hydrogen-bond acceptors (Lipinski definition) is 5. The second-order valence-electron chi connectivity index (χ2n) is 7.55. The first-order chi connectivity index (χ1) is 12.4. The first-order valence-electron chi connectivity index (χ1n) is 9.01. The number of anilines is 1. The molecule has 0 saturated carbocycles. The summed E-state index contributed by atoms with van der Waals surface area (Å²) < 4.78 is 6.04. The lowest BCUT2D eigenvalue weighted by molar-refractivity contribution is -0.111. The van der Waals surface area contributed by atoms with Crippen molar-refractivity contribution in [1.82, 2.24) is 9.88 Å². The maximum atomic E-state index is 11.2. The number of likely N-dealkylation sites (N-methyl/N-ethyl adjacent to an activating group) is 2. The zero-order valence-corrected chi connectivity index (χ0v) is 16.0. The minimum atomic E-state index is -0.559. The number of pyridine rings is 1. The number of carbonyl (C=O) groups excluding carboxylic acids is 1. The predicted octanol–water partition coefficient (Wildman–Crippen LogP) is 3.25. The van der Waals surface area contributed by atoms with Crippen LogP contribution in [0.25, 0.3) is 11.3 Å². The molecule has 1 aromatic carbocycles. The standard InChI is InChI=1S/C21H27N3O2/c1-21(2,15-25)24(4)17-7-10-20(22-13-17)16-5-8-18(9-6-16)26-19-11-12-23(3)14-19/h5-10,13,15,19H,11-12,14H2,1-4H3. The molecule has 2 aromatic rings. The van der Waals surface area contributed by atoms with Crippen molar-refractivity contribution >= 4 is 12.0 Å². The van der Waals surface area contributed by atoms with E-state index >= 15 is 0 Å². The molecule has 1 fully saturated rings. The largest absolute Gasteiger partial charge is 0.489 e. The van der Waals surface area contributed by atoms with E-state index in [1.165, 1.54) is 0 Å². The smallest absolute Gasteiger partial charge is 0.144 e. The van der Waals surface area contributed by atoms with Crippen LogP contribution >= 0.6 is 0 Å². The number of ether oxygens (including phenoxy) is 1. The number of likely N-dealkylation sites (tertiary alicyclic amines) is 1. The fourth-order valence-corrected chi connectivity index (χ4v) is 3.05. The first kappa shape index (κ1) is 18.4. The lowest BCUT2D eigenvalue weighted by Gasteiger charge is -2.32. The van der Waals surface area contributed by atoms with E-state index in [0.717, 1.165) is 48.5 Å². The Morgan fingerprint density at radius 3 is 2.50 bits per heavy atom. The molecule has 1 aromatic heterocycles. The van der Waals surface area contributed by atoms with Gasteiger partial charge in [0, 0.05) is 25.7 Å². The van der Waals surface area contributed by atoms with Crippen LogP contribution in [0.4, 0.5) is 5.69 Å². The molecule has 138 valence electrons. The number of aromatic nitrogens is 1. The lowest BCUT2D eigenvalue weighted by atomic mass is 10.1. The average Bonchev–Trinajstić information content (AvgIpc) is 3.06. The maximum absolute atomic E-state index is 11.2. The molecule has 1 saturated heterocycles. The monoisotopic (exact) mass is 353 g/mol. The van der Waals surface area contributed by atoms with Crippen LogP contribution in [0, 0.1) is 0 Å². The zero-order chi connectivity index (χ0) is 18.7. The van der Waals surface area contributed by atoms with Gasteiger partial charge in [0.2, 0.25) is 0 Å². The predicted molar refractivity (Wildman–Crippen MR) is 105 cm³/mol. The number of rotatable bonds is 6. The number of nitrogens with zero attached hydrogens (tertiary/aromatic N) is 3. The Hall–Kier alpha value is -2.40. The van der Waals surface area contributed by atoms with Crippen LogP contribution in [-0.2, 0) is 4.79 Å². The molecule has 0 bridgehead atoms. The average molecular weight is 353 g/mol. The molecule has 3 rings (SSSR count). The van der Waals surface area contributed by atoms with E-state index in [4.69, 9.17) is 4.74 Å². The van der Waals surface area contributed by atoms with Crippen molar-refractivity contribution in [2.45, 2.75) is 31.9 Å². The third-order valence-electron chi connectivity index (χ3n) is 5.09. The molecule has 0 aliphatic carbocycles. The van der Waals surface area contributed by atoms with Gasteiger partial charge >= 0.3 is 0 Å². The number of hydrogen-bond donors (Lipinski definition) is 0. The molecular weight excluding hydrogens is 326 g/mol. The van der Waals surface area contributed by atoms with Gasteiger partial charge in [-0.25, -0.2) is 0 Å². The molecule has 26 heavy (non-hydrogen) atoms. The van der Waals surface area contributed by atoms with Gasteiger partial charge in [0.05, 0.1) is 23.1 Å². The van der Waals surface area contributed by atoms with E-state index in [2.05, 4.69) is 16.9 Å². The highest BCUT2D eigenvalue weighted by molar-refractivity contribution is 5.71. The molecular formula is C21H27N3O2. The Morgan fingerprint density at radius 2 is 1.96 bits per heavy atom. The van der Waals surface area contributed by atoms with Gasteiger partial charge in [-0.3, -0.25) is 4.98 Å². The Balaban J connectivity index is 1.68. The molecule has 5 nitrogen and oxygen atoms in total. The normalized spacial score (nSPS) is 17.9. The van der Waals surface area contributed by atoms with Gasteiger partial charge in [-0.1, -0.05) is 0 Å². The summed E-state index contributed by atoms with van der Waals surface area (Å²) in [7, 11) is 4.02. The van der Waals surface area contributed by atoms with E-state index in [1.807, 2.05) is 62.2 Å². The van der Waals surface area contributed by atoms with Crippen molar-refractivity contribution in [1.29, 1.82) is 0 Å². The van der Waals surface area contributed by atoms with Crippen LogP contribution < -0.4 is 9.64 Å². The first-order valence-corrected chi connectivity index (χ1v) is 9.01. The van der Waals surface area contributed by atoms with E-state index in [0.29, 0.717) is 0 Å². The second kappa shape index (κ2) is 7.46. The Morgan fingerprint density at radius 1 is 1.23 bits per heavy atom. The molecule has 1 aliphatic heterocycles. The fourth-order valence-electron chi connectivity index (χ4n) is 3.05. The summed E-state index contributed by atoms with van der Waals surface area (Å²) in [5.41, 5.74) is 2.30. The van der Waals surface area contributed by atoms with Gasteiger partial charge in [0.15, 0.2) is 0 Å². The van der Waals surface area contributed by atoms with Crippen molar-refractivity contribution in [3.05, 3.63) is 42.6 Å². The van der Waals surface area contributed by atoms with E-state index < -0.39 is 5.54 Å². The highest BCUT2D eigenvalue weighted by Crippen LogP contribution is 2.26. The molecule has 5 heteroatoms.